The number of morpholine rings is 1. The summed E-state index contributed by atoms with van der Waals surface area (Å²) in [4.78, 5) is 6.78. The normalized spacial score (nSPS) is 18.2. The third-order valence-corrected chi connectivity index (χ3v) is 5.09. The summed E-state index contributed by atoms with van der Waals surface area (Å²) in [6, 6.07) is 8.43. The van der Waals surface area contributed by atoms with Crippen LogP contribution in [0, 0.1) is 0 Å². The molecule has 2 aliphatic heterocycles. The van der Waals surface area contributed by atoms with Crippen molar-refractivity contribution >= 4 is 18.2 Å². The summed E-state index contributed by atoms with van der Waals surface area (Å²) in [6.45, 7) is 6.93. The molecular weight excluding hydrogens is 378 g/mol. The van der Waals surface area contributed by atoms with Gasteiger partial charge in [-0.2, -0.15) is 0 Å². The van der Waals surface area contributed by atoms with Gasteiger partial charge < -0.3 is 24.4 Å². The number of ether oxygens (including phenoxy) is 3. The molecule has 2 aliphatic rings. The van der Waals surface area contributed by atoms with Crippen LogP contribution in [0.3, 0.4) is 0 Å². The highest BCUT2D eigenvalue weighted by Crippen LogP contribution is 2.34. The van der Waals surface area contributed by atoms with E-state index >= 15 is 0 Å². The standard InChI is InChI=1S/C21H27N3O3.ClH/c1-15-9-17-11-19(25-2)18(12-20(17)27-15)14-22-13-16-3-4-23-21(10-16)24-5-7-26-8-6-24;/h3-4,10-12,15,22H,5-9,13-14H2,1-2H3;1H. The van der Waals surface area contributed by atoms with Crippen molar-refractivity contribution in [3.63, 3.8) is 0 Å². The van der Waals surface area contributed by atoms with Crippen LogP contribution in [-0.2, 0) is 24.2 Å². The number of halogens is 1. The Balaban J connectivity index is 0.00000225. The third-order valence-electron chi connectivity index (χ3n) is 5.09. The highest BCUT2D eigenvalue weighted by atomic mass is 35.5. The van der Waals surface area contributed by atoms with Crippen molar-refractivity contribution in [3.05, 3.63) is 47.2 Å². The predicted molar refractivity (Wildman–Crippen MR) is 112 cm³/mol. The molecule has 0 amide bonds. The number of hydrogen-bond donors (Lipinski definition) is 1. The van der Waals surface area contributed by atoms with Gasteiger partial charge in [-0.1, -0.05) is 0 Å². The number of fused-ring (bicyclic) bond motifs is 1. The number of aromatic nitrogens is 1. The average Bonchev–Trinajstić information content (AvgIpc) is 3.07. The molecular formula is C21H28ClN3O3. The van der Waals surface area contributed by atoms with E-state index in [0.717, 1.165) is 68.7 Å². The first-order valence-corrected chi connectivity index (χ1v) is 9.57. The summed E-state index contributed by atoms with van der Waals surface area (Å²) in [5.41, 5.74) is 3.57. The molecule has 3 heterocycles. The van der Waals surface area contributed by atoms with Crippen LogP contribution >= 0.6 is 12.4 Å². The first-order valence-electron chi connectivity index (χ1n) is 9.57. The SMILES string of the molecule is COc1cc2c(cc1CNCc1ccnc(N3CCOCC3)c1)OC(C)C2.Cl. The molecule has 0 bridgehead atoms. The minimum atomic E-state index is 0. The molecule has 0 radical (unpaired) electrons. The van der Waals surface area contributed by atoms with Gasteiger partial charge in [-0.25, -0.2) is 4.98 Å². The van der Waals surface area contributed by atoms with E-state index in [9.17, 15) is 0 Å². The smallest absolute Gasteiger partial charge is 0.128 e. The lowest BCUT2D eigenvalue weighted by molar-refractivity contribution is 0.122. The topological polar surface area (TPSA) is 55.9 Å². The maximum atomic E-state index is 5.89. The largest absolute Gasteiger partial charge is 0.496 e. The fourth-order valence-corrected chi connectivity index (χ4v) is 3.69. The first kappa shape index (κ1) is 20.7. The Morgan fingerprint density at radius 2 is 2.04 bits per heavy atom. The zero-order valence-corrected chi connectivity index (χ0v) is 17.3. The number of nitrogens with zero attached hydrogens (tertiary/aromatic N) is 2. The Bertz CT molecular complexity index is 796. The van der Waals surface area contributed by atoms with Gasteiger partial charge in [0.2, 0.25) is 0 Å². The Morgan fingerprint density at radius 1 is 1.21 bits per heavy atom. The van der Waals surface area contributed by atoms with Gasteiger partial charge in [0.15, 0.2) is 0 Å². The highest BCUT2D eigenvalue weighted by Gasteiger charge is 2.21. The van der Waals surface area contributed by atoms with E-state index in [-0.39, 0.29) is 18.5 Å². The van der Waals surface area contributed by atoms with Gasteiger partial charge in [0.25, 0.3) is 0 Å². The predicted octanol–water partition coefficient (Wildman–Crippen LogP) is 2.96. The number of methoxy groups -OCH3 is 1. The summed E-state index contributed by atoms with van der Waals surface area (Å²) in [6.07, 6.45) is 3.07. The molecule has 1 saturated heterocycles. The second-order valence-electron chi connectivity index (χ2n) is 7.13. The maximum absolute atomic E-state index is 5.89. The number of benzene rings is 1. The van der Waals surface area contributed by atoms with Crippen LogP contribution in [0.1, 0.15) is 23.6 Å². The first-order chi connectivity index (χ1) is 13.2. The summed E-state index contributed by atoms with van der Waals surface area (Å²) in [5.74, 6) is 2.93. The van der Waals surface area contributed by atoms with Crippen molar-refractivity contribution in [2.45, 2.75) is 32.5 Å². The number of pyridine rings is 1. The fourth-order valence-electron chi connectivity index (χ4n) is 3.69. The number of anilines is 1. The minimum Gasteiger partial charge on any atom is -0.496 e. The van der Waals surface area contributed by atoms with Crippen molar-refractivity contribution < 1.29 is 14.2 Å². The van der Waals surface area contributed by atoms with Gasteiger partial charge in [0.1, 0.15) is 23.4 Å². The summed E-state index contributed by atoms with van der Waals surface area (Å²) in [7, 11) is 1.72. The van der Waals surface area contributed by atoms with Crippen molar-refractivity contribution in [2.75, 3.05) is 38.3 Å². The van der Waals surface area contributed by atoms with E-state index in [2.05, 4.69) is 46.4 Å². The summed E-state index contributed by atoms with van der Waals surface area (Å²) in [5, 5.41) is 3.52. The van der Waals surface area contributed by atoms with Gasteiger partial charge in [-0.05, 0) is 36.8 Å². The van der Waals surface area contributed by atoms with E-state index in [1.807, 2.05) is 6.20 Å². The molecule has 152 valence electrons. The zero-order valence-electron chi connectivity index (χ0n) is 16.4. The van der Waals surface area contributed by atoms with Crippen LogP contribution in [-0.4, -0.2) is 44.5 Å². The van der Waals surface area contributed by atoms with Crippen molar-refractivity contribution in [3.8, 4) is 11.5 Å². The Hall–Kier alpha value is -2.02. The zero-order chi connectivity index (χ0) is 18.6. The number of hydrogen-bond acceptors (Lipinski definition) is 6. The lowest BCUT2D eigenvalue weighted by atomic mass is 10.1. The van der Waals surface area contributed by atoms with Crippen molar-refractivity contribution in [1.29, 1.82) is 0 Å². The van der Waals surface area contributed by atoms with Gasteiger partial charge in [-0.15, -0.1) is 12.4 Å². The molecule has 7 heteroatoms. The lowest BCUT2D eigenvalue weighted by Gasteiger charge is -2.28. The van der Waals surface area contributed by atoms with Crippen LogP contribution < -0.4 is 19.7 Å². The molecule has 0 saturated carbocycles. The molecule has 0 aliphatic carbocycles. The molecule has 4 rings (SSSR count). The maximum Gasteiger partial charge on any atom is 0.128 e. The lowest BCUT2D eigenvalue weighted by Crippen LogP contribution is -2.36. The van der Waals surface area contributed by atoms with Gasteiger partial charge >= 0.3 is 0 Å². The van der Waals surface area contributed by atoms with Gasteiger partial charge in [0, 0.05) is 49.9 Å². The molecule has 1 fully saturated rings. The quantitative estimate of drug-likeness (QED) is 0.797. The molecule has 1 aromatic carbocycles. The Labute approximate surface area is 172 Å². The Kier molecular flexibility index (Phi) is 6.99. The van der Waals surface area contributed by atoms with Crippen molar-refractivity contribution in [1.82, 2.24) is 10.3 Å². The molecule has 1 unspecified atom stereocenters. The number of nitrogens with one attached hydrogen (secondary N) is 1. The number of rotatable bonds is 6. The van der Waals surface area contributed by atoms with Crippen molar-refractivity contribution in [2.24, 2.45) is 0 Å². The van der Waals surface area contributed by atoms with E-state index < -0.39 is 0 Å². The van der Waals surface area contributed by atoms with Crippen LogP contribution in [0.5, 0.6) is 11.5 Å². The van der Waals surface area contributed by atoms with E-state index in [1.54, 1.807) is 7.11 Å². The fraction of sp³-hybridized carbons (Fsp3) is 0.476. The Morgan fingerprint density at radius 3 is 2.82 bits per heavy atom. The van der Waals surface area contributed by atoms with Crippen LogP contribution in [0.4, 0.5) is 5.82 Å². The molecule has 0 spiro atoms. The summed E-state index contributed by atoms with van der Waals surface area (Å²) >= 11 is 0. The molecule has 28 heavy (non-hydrogen) atoms. The molecule has 1 atom stereocenters. The highest BCUT2D eigenvalue weighted by molar-refractivity contribution is 5.85. The van der Waals surface area contributed by atoms with Gasteiger partial charge in [0.05, 0.1) is 20.3 Å². The van der Waals surface area contributed by atoms with E-state index in [4.69, 9.17) is 14.2 Å². The van der Waals surface area contributed by atoms with Crippen LogP contribution in [0.25, 0.3) is 0 Å². The minimum absolute atomic E-state index is 0. The molecule has 6 nitrogen and oxygen atoms in total. The second kappa shape index (κ2) is 9.45. The van der Waals surface area contributed by atoms with Crippen LogP contribution in [0.15, 0.2) is 30.5 Å². The molecule has 1 aromatic heterocycles. The second-order valence-corrected chi connectivity index (χ2v) is 7.13. The third kappa shape index (κ3) is 4.69. The van der Waals surface area contributed by atoms with E-state index in [0.29, 0.717) is 0 Å². The molecule has 2 aromatic rings. The monoisotopic (exact) mass is 405 g/mol. The average molecular weight is 406 g/mol. The van der Waals surface area contributed by atoms with Crippen LogP contribution in [0.2, 0.25) is 0 Å². The van der Waals surface area contributed by atoms with E-state index in [1.165, 1.54) is 11.1 Å². The summed E-state index contributed by atoms with van der Waals surface area (Å²) < 4.78 is 16.9. The van der Waals surface area contributed by atoms with Gasteiger partial charge in [-0.3, -0.25) is 0 Å². The molecule has 1 N–H and O–H groups in total.